The Labute approximate surface area is 119 Å². The number of furan rings is 1. The van der Waals surface area contributed by atoms with Crippen LogP contribution in [-0.4, -0.2) is 0 Å². The summed E-state index contributed by atoms with van der Waals surface area (Å²) >= 11 is 0. The fourth-order valence-corrected chi connectivity index (χ4v) is 2.27. The molecule has 0 fully saturated rings. The predicted molar refractivity (Wildman–Crippen MR) is 82.6 cm³/mol. The van der Waals surface area contributed by atoms with Crippen LogP contribution in [0.5, 0.6) is 0 Å². The molecule has 0 unspecified atom stereocenters. The monoisotopic (exact) mass is 263 g/mol. The van der Waals surface area contributed by atoms with E-state index in [1.807, 2.05) is 18.2 Å². The molecule has 0 aliphatic heterocycles. The highest BCUT2D eigenvalue weighted by Crippen LogP contribution is 2.28. The van der Waals surface area contributed by atoms with Crippen LogP contribution < -0.4 is 5.32 Å². The van der Waals surface area contributed by atoms with Crippen LogP contribution in [-0.2, 0) is 6.54 Å². The largest absolute Gasteiger partial charge is 0.467 e. The van der Waals surface area contributed by atoms with E-state index >= 15 is 0 Å². The summed E-state index contributed by atoms with van der Waals surface area (Å²) in [5.41, 5.74) is 4.72. The molecule has 1 N–H and O–H groups in total. The molecule has 0 aliphatic rings. The maximum atomic E-state index is 5.47. The van der Waals surface area contributed by atoms with Crippen molar-refractivity contribution in [1.29, 1.82) is 0 Å². The minimum absolute atomic E-state index is 0.697. The molecule has 0 amide bonds. The van der Waals surface area contributed by atoms with Gasteiger partial charge in [-0.2, -0.15) is 0 Å². The van der Waals surface area contributed by atoms with Crippen molar-refractivity contribution in [1.82, 2.24) is 0 Å². The van der Waals surface area contributed by atoms with Gasteiger partial charge in [-0.3, -0.25) is 0 Å². The van der Waals surface area contributed by atoms with Gasteiger partial charge in [0.05, 0.1) is 12.8 Å². The van der Waals surface area contributed by atoms with E-state index in [1.54, 1.807) is 6.26 Å². The fraction of sp³-hybridized carbons (Fsp3) is 0.111. The standard InChI is InChI=1S/C18H17NO/c1-14-11-12-20-18(14)13-19-17-10-6-5-9-16(17)15-7-3-2-4-8-15/h2-12,19H,13H2,1H3. The molecule has 0 spiro atoms. The first kappa shape index (κ1) is 12.5. The van der Waals surface area contributed by atoms with E-state index in [0.29, 0.717) is 6.54 Å². The second kappa shape index (κ2) is 5.66. The summed E-state index contributed by atoms with van der Waals surface area (Å²) in [5, 5.41) is 3.46. The minimum Gasteiger partial charge on any atom is -0.467 e. The number of benzene rings is 2. The topological polar surface area (TPSA) is 25.2 Å². The first-order chi connectivity index (χ1) is 9.84. The van der Waals surface area contributed by atoms with Crippen LogP contribution in [0.15, 0.2) is 71.3 Å². The van der Waals surface area contributed by atoms with Crippen molar-refractivity contribution in [3.05, 3.63) is 78.3 Å². The van der Waals surface area contributed by atoms with Gasteiger partial charge in [-0.15, -0.1) is 0 Å². The molecule has 0 bridgehead atoms. The van der Waals surface area contributed by atoms with E-state index < -0.39 is 0 Å². The highest BCUT2D eigenvalue weighted by atomic mass is 16.3. The second-order valence-electron chi connectivity index (χ2n) is 4.79. The zero-order chi connectivity index (χ0) is 13.8. The minimum atomic E-state index is 0.697. The van der Waals surface area contributed by atoms with Crippen molar-refractivity contribution >= 4 is 5.69 Å². The summed E-state index contributed by atoms with van der Waals surface area (Å²) in [6.45, 7) is 2.76. The first-order valence-electron chi connectivity index (χ1n) is 6.76. The zero-order valence-corrected chi connectivity index (χ0v) is 11.5. The Morgan fingerprint density at radius 2 is 1.65 bits per heavy atom. The normalized spacial score (nSPS) is 10.4. The Balaban J connectivity index is 1.85. The van der Waals surface area contributed by atoms with Crippen LogP contribution >= 0.6 is 0 Å². The number of hydrogen-bond donors (Lipinski definition) is 1. The third-order valence-corrected chi connectivity index (χ3v) is 3.42. The second-order valence-corrected chi connectivity index (χ2v) is 4.79. The molecule has 100 valence electrons. The molecule has 20 heavy (non-hydrogen) atoms. The third kappa shape index (κ3) is 2.59. The van der Waals surface area contributed by atoms with E-state index in [2.05, 4.69) is 54.7 Å². The summed E-state index contributed by atoms with van der Waals surface area (Å²) in [7, 11) is 0. The molecule has 0 aliphatic carbocycles. The van der Waals surface area contributed by atoms with Crippen LogP contribution in [0.4, 0.5) is 5.69 Å². The Morgan fingerprint density at radius 1 is 0.900 bits per heavy atom. The van der Waals surface area contributed by atoms with Gasteiger partial charge >= 0.3 is 0 Å². The molecule has 0 saturated heterocycles. The predicted octanol–water partition coefficient (Wildman–Crippen LogP) is 4.87. The highest BCUT2D eigenvalue weighted by Gasteiger charge is 2.06. The summed E-state index contributed by atoms with van der Waals surface area (Å²) in [6.07, 6.45) is 1.73. The quantitative estimate of drug-likeness (QED) is 0.726. The van der Waals surface area contributed by atoms with Gasteiger partial charge in [-0.25, -0.2) is 0 Å². The molecule has 0 atom stereocenters. The fourth-order valence-electron chi connectivity index (χ4n) is 2.27. The lowest BCUT2D eigenvalue weighted by atomic mass is 10.0. The summed E-state index contributed by atoms with van der Waals surface area (Å²) in [4.78, 5) is 0. The molecule has 1 aromatic heterocycles. The number of hydrogen-bond acceptors (Lipinski definition) is 2. The van der Waals surface area contributed by atoms with Crippen LogP contribution in [0.25, 0.3) is 11.1 Å². The molecule has 1 heterocycles. The van der Waals surface area contributed by atoms with Crippen LogP contribution in [0.2, 0.25) is 0 Å². The number of anilines is 1. The van der Waals surface area contributed by atoms with Crippen LogP contribution in [0, 0.1) is 6.92 Å². The van der Waals surface area contributed by atoms with Crippen molar-refractivity contribution in [3.63, 3.8) is 0 Å². The SMILES string of the molecule is Cc1ccoc1CNc1ccccc1-c1ccccc1. The van der Waals surface area contributed by atoms with Gasteiger partial charge in [0.15, 0.2) is 0 Å². The van der Waals surface area contributed by atoms with E-state index in [0.717, 1.165) is 11.4 Å². The summed E-state index contributed by atoms with van der Waals surface area (Å²) in [5.74, 6) is 0.980. The lowest BCUT2D eigenvalue weighted by Crippen LogP contribution is -2.01. The third-order valence-electron chi connectivity index (χ3n) is 3.42. The van der Waals surface area contributed by atoms with Gasteiger partial charge in [-0.05, 0) is 30.2 Å². The van der Waals surface area contributed by atoms with Crippen molar-refractivity contribution in [2.75, 3.05) is 5.32 Å². The maximum absolute atomic E-state index is 5.47. The summed E-state index contributed by atoms with van der Waals surface area (Å²) in [6, 6.07) is 20.7. The Hall–Kier alpha value is -2.48. The Bertz CT molecular complexity index is 685. The van der Waals surface area contributed by atoms with E-state index in [1.165, 1.54) is 16.7 Å². The van der Waals surface area contributed by atoms with Crippen molar-refractivity contribution in [3.8, 4) is 11.1 Å². The van der Waals surface area contributed by atoms with Crippen molar-refractivity contribution in [2.45, 2.75) is 13.5 Å². The lowest BCUT2D eigenvalue weighted by Gasteiger charge is -2.11. The van der Waals surface area contributed by atoms with Gasteiger partial charge in [0.25, 0.3) is 0 Å². The number of rotatable bonds is 4. The van der Waals surface area contributed by atoms with E-state index in [4.69, 9.17) is 4.42 Å². The number of para-hydroxylation sites is 1. The Morgan fingerprint density at radius 3 is 2.40 bits per heavy atom. The molecule has 0 radical (unpaired) electrons. The zero-order valence-electron chi connectivity index (χ0n) is 11.5. The van der Waals surface area contributed by atoms with Crippen molar-refractivity contribution in [2.24, 2.45) is 0 Å². The lowest BCUT2D eigenvalue weighted by molar-refractivity contribution is 0.515. The average molecular weight is 263 g/mol. The molecular formula is C18H17NO. The van der Waals surface area contributed by atoms with Gasteiger partial charge in [-0.1, -0.05) is 48.5 Å². The first-order valence-corrected chi connectivity index (χ1v) is 6.76. The van der Waals surface area contributed by atoms with E-state index in [-0.39, 0.29) is 0 Å². The molecule has 3 rings (SSSR count). The van der Waals surface area contributed by atoms with Gasteiger partial charge in [0, 0.05) is 11.3 Å². The van der Waals surface area contributed by atoms with Gasteiger partial charge < -0.3 is 9.73 Å². The molecule has 3 aromatic rings. The van der Waals surface area contributed by atoms with Gasteiger partial charge in [0.2, 0.25) is 0 Å². The number of aryl methyl sites for hydroxylation is 1. The number of nitrogens with one attached hydrogen (secondary N) is 1. The Kier molecular flexibility index (Phi) is 3.55. The van der Waals surface area contributed by atoms with Crippen LogP contribution in [0.1, 0.15) is 11.3 Å². The molecule has 2 heteroatoms. The van der Waals surface area contributed by atoms with Crippen LogP contribution in [0.3, 0.4) is 0 Å². The molecule has 2 nitrogen and oxygen atoms in total. The van der Waals surface area contributed by atoms with Gasteiger partial charge in [0.1, 0.15) is 5.76 Å². The smallest absolute Gasteiger partial charge is 0.125 e. The highest BCUT2D eigenvalue weighted by molar-refractivity contribution is 5.77. The van der Waals surface area contributed by atoms with Crippen molar-refractivity contribution < 1.29 is 4.42 Å². The average Bonchev–Trinajstić information content (AvgIpc) is 2.92. The molecule has 2 aromatic carbocycles. The maximum Gasteiger partial charge on any atom is 0.125 e. The van der Waals surface area contributed by atoms with E-state index in [9.17, 15) is 0 Å². The molecular weight excluding hydrogens is 246 g/mol. The summed E-state index contributed by atoms with van der Waals surface area (Å²) < 4.78 is 5.47. The molecule has 0 saturated carbocycles.